The van der Waals surface area contributed by atoms with E-state index in [1.165, 1.54) is 0 Å². The van der Waals surface area contributed by atoms with Crippen LogP contribution >= 0.6 is 0 Å². The first kappa shape index (κ1) is 22.1. The summed E-state index contributed by atoms with van der Waals surface area (Å²) in [6.07, 6.45) is 1.31. The van der Waals surface area contributed by atoms with Gasteiger partial charge in [-0.1, -0.05) is 24.3 Å². The monoisotopic (exact) mass is 442 g/mol. The molecule has 0 unspecified atom stereocenters. The molecule has 0 radical (unpaired) electrons. The molecule has 1 heterocycles. The Kier molecular flexibility index (Phi) is 6.13. The highest BCUT2D eigenvalue weighted by Crippen LogP contribution is 2.20. The fourth-order valence-electron chi connectivity index (χ4n) is 3.34. The van der Waals surface area contributed by atoms with Gasteiger partial charge in [0.2, 0.25) is 0 Å². The number of fused-ring (bicyclic) bond motifs is 1. The Bertz CT molecular complexity index is 1270. The van der Waals surface area contributed by atoms with E-state index >= 15 is 0 Å². The minimum Gasteiger partial charge on any atom is -0.444 e. The average molecular weight is 443 g/mol. The van der Waals surface area contributed by atoms with Gasteiger partial charge in [-0.2, -0.15) is 0 Å². The van der Waals surface area contributed by atoms with E-state index in [1.807, 2.05) is 73.9 Å². The van der Waals surface area contributed by atoms with Crippen LogP contribution in [0.5, 0.6) is 0 Å². The summed E-state index contributed by atoms with van der Waals surface area (Å²) >= 11 is 0. The predicted molar refractivity (Wildman–Crippen MR) is 129 cm³/mol. The molecule has 7 nitrogen and oxygen atoms in total. The zero-order valence-electron chi connectivity index (χ0n) is 18.8. The third kappa shape index (κ3) is 5.57. The largest absolute Gasteiger partial charge is 0.444 e. The Balaban J connectivity index is 1.36. The zero-order chi connectivity index (χ0) is 23.4. The number of hydrogen-bond donors (Lipinski definition) is 2. The van der Waals surface area contributed by atoms with Crippen molar-refractivity contribution in [2.45, 2.75) is 32.9 Å². The molecule has 0 fully saturated rings. The summed E-state index contributed by atoms with van der Waals surface area (Å²) in [6.45, 7) is 5.76. The van der Waals surface area contributed by atoms with Crippen LogP contribution in [0.1, 0.15) is 36.7 Å². The molecule has 7 heteroatoms. The number of alkyl carbamates (subject to hydrolysis) is 1. The third-order valence-corrected chi connectivity index (χ3v) is 4.91. The third-order valence-electron chi connectivity index (χ3n) is 4.91. The molecule has 0 saturated carbocycles. The molecule has 33 heavy (non-hydrogen) atoms. The van der Waals surface area contributed by atoms with Crippen LogP contribution in [0.3, 0.4) is 0 Å². The van der Waals surface area contributed by atoms with Crippen molar-refractivity contribution in [2.75, 3.05) is 5.32 Å². The molecule has 0 saturated heterocycles. The molecule has 168 valence electrons. The molecule has 2 amide bonds. The SMILES string of the molecule is CC(C)(C)OC(=O)NCc1ccc(C(=O)Nc2ccc(-n3cnc4ccccc43)cc2)cc1. The van der Waals surface area contributed by atoms with Crippen LogP contribution < -0.4 is 10.6 Å². The molecule has 3 aromatic carbocycles. The van der Waals surface area contributed by atoms with E-state index in [4.69, 9.17) is 4.74 Å². The molecule has 0 spiro atoms. The van der Waals surface area contributed by atoms with Crippen molar-refractivity contribution in [3.05, 3.63) is 90.3 Å². The second kappa shape index (κ2) is 9.16. The number of hydrogen-bond acceptors (Lipinski definition) is 4. The highest BCUT2D eigenvalue weighted by atomic mass is 16.6. The highest BCUT2D eigenvalue weighted by molar-refractivity contribution is 6.04. The fraction of sp³-hybridized carbons (Fsp3) is 0.192. The Morgan fingerprint density at radius 3 is 2.33 bits per heavy atom. The van der Waals surface area contributed by atoms with Gasteiger partial charge in [0.1, 0.15) is 11.9 Å². The van der Waals surface area contributed by atoms with Gasteiger partial charge in [-0.25, -0.2) is 9.78 Å². The number of ether oxygens (including phenoxy) is 1. The Labute approximate surface area is 192 Å². The van der Waals surface area contributed by atoms with Crippen LogP contribution in [-0.2, 0) is 11.3 Å². The van der Waals surface area contributed by atoms with E-state index in [-0.39, 0.29) is 5.91 Å². The fourth-order valence-corrected chi connectivity index (χ4v) is 3.34. The molecule has 4 rings (SSSR count). The van der Waals surface area contributed by atoms with Crippen LogP contribution in [0.2, 0.25) is 0 Å². The van der Waals surface area contributed by atoms with Gasteiger partial charge in [0, 0.05) is 23.5 Å². The summed E-state index contributed by atoms with van der Waals surface area (Å²) in [7, 11) is 0. The van der Waals surface area contributed by atoms with Gasteiger partial charge in [0.05, 0.1) is 11.0 Å². The minimum atomic E-state index is -0.545. The van der Waals surface area contributed by atoms with Gasteiger partial charge in [0.15, 0.2) is 0 Å². The van der Waals surface area contributed by atoms with Crippen molar-refractivity contribution in [3.63, 3.8) is 0 Å². The number of para-hydroxylation sites is 2. The van der Waals surface area contributed by atoms with Gasteiger partial charge >= 0.3 is 6.09 Å². The second-order valence-corrected chi connectivity index (χ2v) is 8.66. The summed E-state index contributed by atoms with van der Waals surface area (Å²) < 4.78 is 7.23. The van der Waals surface area contributed by atoms with E-state index in [9.17, 15) is 9.59 Å². The summed E-state index contributed by atoms with van der Waals surface area (Å²) in [6, 6.07) is 22.6. The lowest BCUT2D eigenvalue weighted by molar-refractivity contribution is 0.0523. The van der Waals surface area contributed by atoms with E-state index < -0.39 is 11.7 Å². The van der Waals surface area contributed by atoms with Crippen molar-refractivity contribution in [1.82, 2.24) is 14.9 Å². The predicted octanol–water partition coefficient (Wildman–Crippen LogP) is 5.30. The quantitative estimate of drug-likeness (QED) is 0.439. The van der Waals surface area contributed by atoms with Gasteiger partial charge in [-0.3, -0.25) is 9.36 Å². The second-order valence-electron chi connectivity index (χ2n) is 8.66. The Hall–Kier alpha value is -4.13. The number of aromatic nitrogens is 2. The molecule has 1 aromatic heterocycles. The zero-order valence-corrected chi connectivity index (χ0v) is 18.8. The normalized spacial score (nSPS) is 11.2. The number of nitrogens with one attached hydrogen (secondary N) is 2. The maximum Gasteiger partial charge on any atom is 0.407 e. The number of carbonyl (C=O) groups excluding carboxylic acids is 2. The number of carbonyl (C=O) groups is 2. The molecule has 2 N–H and O–H groups in total. The van der Waals surface area contributed by atoms with Crippen LogP contribution in [0.4, 0.5) is 10.5 Å². The van der Waals surface area contributed by atoms with Crippen molar-refractivity contribution in [1.29, 1.82) is 0 Å². The number of nitrogens with zero attached hydrogens (tertiary/aromatic N) is 2. The lowest BCUT2D eigenvalue weighted by atomic mass is 10.1. The molecule has 4 aromatic rings. The number of anilines is 1. The van der Waals surface area contributed by atoms with Gasteiger partial charge in [-0.05, 0) is 74.9 Å². The first-order valence-electron chi connectivity index (χ1n) is 10.7. The summed E-state index contributed by atoms with van der Waals surface area (Å²) in [5, 5.41) is 5.61. The molecular formula is C26H26N4O3. The van der Waals surface area contributed by atoms with Gasteiger partial charge < -0.3 is 15.4 Å². The number of amides is 2. The maximum atomic E-state index is 12.6. The maximum absolute atomic E-state index is 12.6. The number of imidazole rings is 1. The van der Waals surface area contributed by atoms with Crippen LogP contribution in [0, 0.1) is 0 Å². The molecule has 0 aliphatic heterocycles. The molecule has 0 aliphatic rings. The summed E-state index contributed by atoms with van der Waals surface area (Å²) in [5.41, 5.74) is 4.47. The molecule has 0 bridgehead atoms. The summed E-state index contributed by atoms with van der Waals surface area (Å²) in [4.78, 5) is 28.8. The number of rotatable bonds is 5. The highest BCUT2D eigenvalue weighted by Gasteiger charge is 2.15. The van der Waals surface area contributed by atoms with Gasteiger partial charge in [0.25, 0.3) is 5.91 Å². The van der Waals surface area contributed by atoms with E-state index in [2.05, 4.69) is 15.6 Å². The lowest BCUT2D eigenvalue weighted by Gasteiger charge is -2.19. The minimum absolute atomic E-state index is 0.206. The van der Waals surface area contributed by atoms with E-state index in [1.54, 1.807) is 30.6 Å². The molecular weight excluding hydrogens is 416 g/mol. The Morgan fingerprint density at radius 2 is 1.64 bits per heavy atom. The van der Waals surface area contributed by atoms with E-state index in [0.29, 0.717) is 17.8 Å². The number of benzene rings is 3. The van der Waals surface area contributed by atoms with Crippen molar-refractivity contribution in [3.8, 4) is 5.69 Å². The smallest absolute Gasteiger partial charge is 0.407 e. The Morgan fingerprint density at radius 1 is 0.939 bits per heavy atom. The van der Waals surface area contributed by atoms with Gasteiger partial charge in [-0.15, -0.1) is 0 Å². The van der Waals surface area contributed by atoms with Crippen LogP contribution in [0.25, 0.3) is 16.7 Å². The first-order chi connectivity index (χ1) is 15.8. The van der Waals surface area contributed by atoms with Crippen molar-refractivity contribution >= 4 is 28.7 Å². The van der Waals surface area contributed by atoms with Crippen molar-refractivity contribution in [2.24, 2.45) is 0 Å². The van der Waals surface area contributed by atoms with Crippen LogP contribution in [-0.4, -0.2) is 27.2 Å². The average Bonchev–Trinajstić information content (AvgIpc) is 3.22. The molecule has 0 atom stereocenters. The van der Waals surface area contributed by atoms with Crippen LogP contribution in [0.15, 0.2) is 79.1 Å². The first-order valence-corrected chi connectivity index (χ1v) is 10.7. The lowest BCUT2D eigenvalue weighted by Crippen LogP contribution is -2.32. The topological polar surface area (TPSA) is 85.2 Å². The van der Waals surface area contributed by atoms with Crippen molar-refractivity contribution < 1.29 is 14.3 Å². The standard InChI is InChI=1S/C26H26N4O3/c1-26(2,3)33-25(32)27-16-18-8-10-19(11-9-18)24(31)29-20-12-14-21(15-13-20)30-17-28-22-6-4-5-7-23(22)30/h4-15,17H,16H2,1-3H3,(H,27,32)(H,29,31). The molecule has 0 aliphatic carbocycles. The summed E-state index contributed by atoms with van der Waals surface area (Å²) in [5.74, 6) is -0.206. The van der Waals surface area contributed by atoms with E-state index in [0.717, 1.165) is 22.3 Å².